The molecule has 4 aliphatic heterocycles. The Kier molecular flexibility index (Phi) is 30.4. The van der Waals surface area contributed by atoms with Gasteiger partial charge in [-0.25, -0.2) is 14.4 Å². The number of carbonyl (C=O) groups excluding carboxylic acids is 10. The van der Waals surface area contributed by atoms with Gasteiger partial charge in [-0.15, -0.1) is 0 Å². The maximum Gasteiger partial charge on any atom is 0.409 e. The molecule has 4 unspecified atom stereocenters. The summed E-state index contributed by atoms with van der Waals surface area (Å²) in [6.45, 7) is 16.6. The van der Waals surface area contributed by atoms with Crippen LogP contribution in [0, 0.1) is 11.8 Å². The zero-order chi connectivity index (χ0) is 66.5. The summed E-state index contributed by atoms with van der Waals surface area (Å²) in [5.74, 6) is -4.83. The second kappa shape index (κ2) is 35.7. The lowest BCUT2D eigenvalue weighted by Gasteiger charge is -2.42. The third-order valence-electron chi connectivity index (χ3n) is 15.7. The van der Waals surface area contributed by atoms with Gasteiger partial charge in [-0.3, -0.25) is 43.8 Å². The van der Waals surface area contributed by atoms with Crippen molar-refractivity contribution in [2.24, 2.45) is 17.6 Å². The first-order valence-electron chi connectivity index (χ1n) is 30.3. The number of likely N-dealkylation sites (N-methyl/N-ethyl adjacent to an activating group) is 1. The number of halogens is 1. The van der Waals surface area contributed by atoms with Gasteiger partial charge >= 0.3 is 18.1 Å². The largest absolute Gasteiger partial charge is 0.495 e. The van der Waals surface area contributed by atoms with Gasteiger partial charge in [0, 0.05) is 76.6 Å². The molecule has 26 heteroatoms. The van der Waals surface area contributed by atoms with Crippen LogP contribution >= 0.6 is 11.6 Å². The van der Waals surface area contributed by atoms with Gasteiger partial charge in [-0.1, -0.05) is 97.2 Å². The molecule has 10 amide bonds. The van der Waals surface area contributed by atoms with Crippen LogP contribution in [0.5, 0.6) is 5.75 Å². The van der Waals surface area contributed by atoms with Gasteiger partial charge < -0.3 is 65.6 Å². The first kappa shape index (κ1) is 76.6. The van der Waals surface area contributed by atoms with Crippen LogP contribution in [0.1, 0.15) is 150 Å². The van der Waals surface area contributed by atoms with Crippen molar-refractivity contribution in [3.63, 3.8) is 0 Å². The predicted molar refractivity (Wildman–Crippen MR) is 340 cm³/mol. The van der Waals surface area contributed by atoms with Crippen molar-refractivity contribution in [3.05, 3.63) is 76.3 Å². The van der Waals surface area contributed by atoms with Gasteiger partial charge in [0.1, 0.15) is 46.8 Å². The Morgan fingerprint density at radius 2 is 1.62 bits per heavy atom. The second-order valence-corrected chi connectivity index (χ2v) is 23.1. The highest BCUT2D eigenvalue weighted by Crippen LogP contribution is 2.49. The molecule has 8 N–H and O–H groups in total. The van der Waals surface area contributed by atoms with Crippen molar-refractivity contribution in [1.82, 2.24) is 31.1 Å². The number of nitrogens with zero attached hydrogens (tertiary/aromatic N) is 3. The third kappa shape index (κ3) is 21.0. The Hall–Kier alpha value is -7.61. The van der Waals surface area contributed by atoms with E-state index in [-0.39, 0.29) is 86.6 Å². The van der Waals surface area contributed by atoms with E-state index in [1.165, 1.54) is 75.7 Å². The number of rotatable bonds is 21. The number of alkyl carbamates (subject to hydrolysis) is 1. The zero-order valence-corrected chi connectivity index (χ0v) is 54.3. The number of nitrogens with two attached hydrogens (primary N) is 1. The van der Waals surface area contributed by atoms with E-state index in [0.717, 1.165) is 16.0 Å². The van der Waals surface area contributed by atoms with E-state index in [1.807, 2.05) is 26.8 Å². The number of hydrogen-bond acceptors (Lipinski definition) is 16. The van der Waals surface area contributed by atoms with Crippen LogP contribution in [0.3, 0.4) is 0 Å². The molecule has 500 valence electrons. The highest BCUT2D eigenvalue weighted by atomic mass is 35.5. The van der Waals surface area contributed by atoms with Crippen LogP contribution < -0.4 is 42.0 Å². The number of esters is 1. The van der Waals surface area contributed by atoms with Gasteiger partial charge in [0.25, 0.3) is 5.91 Å². The maximum absolute atomic E-state index is 14.5. The number of carbonyl (C=O) groups is 10. The molecule has 0 aromatic heterocycles. The molecule has 0 spiro atoms. The zero-order valence-electron chi connectivity index (χ0n) is 53.6. The summed E-state index contributed by atoms with van der Waals surface area (Å²) in [6.07, 6.45) is 3.41. The maximum atomic E-state index is 14.5. The summed E-state index contributed by atoms with van der Waals surface area (Å²) in [4.78, 5) is 134. The number of nitrogens with one attached hydrogen (secondary N) is 5. The number of anilines is 2. The number of urea groups is 1. The number of allylic oxidation sites excluding steroid dienone is 3. The van der Waals surface area contributed by atoms with E-state index in [0.29, 0.717) is 37.1 Å². The summed E-state index contributed by atoms with van der Waals surface area (Å²) in [6, 6.07) is 6.04. The minimum atomic E-state index is -1.91. The van der Waals surface area contributed by atoms with E-state index in [4.69, 9.17) is 41.0 Å². The molecule has 6 rings (SSSR count). The van der Waals surface area contributed by atoms with Crippen LogP contribution in [0.15, 0.2) is 60.2 Å². The molecule has 0 aliphatic carbocycles. The average Bonchev–Trinajstić information content (AvgIpc) is 1.59. The molecule has 90 heavy (non-hydrogen) atoms. The van der Waals surface area contributed by atoms with Crippen molar-refractivity contribution < 1.29 is 76.7 Å². The number of unbranched alkanes of at least 4 members (excludes halogenated alkanes) is 2. The fraction of sp³-hybridized carbons (Fsp3) is 0.594. The molecule has 2 aromatic rings. The standard InChI is InChI=1S/C58H78ClN9O16.C3H8.C2H6.CH4/c1-32-15-13-17-43(81-9)58(79)30-42(82-56(78)65-58)34(3)50-57(5,84-50)44(29-47(71)67(7)40-27-36(25-32)28-41(80-8)49(40)59)83-54(76)35(4)66(6)53(75)37-19-21-38(22-20-37)63-51(73)39(16-14-23-61-55(60)77)64-46(70)31-62-45(69)18-11-10-12-24-68-48(72)26-33(2)52(68)74;1-3-2;1-2;/h13,15,17,19-22,27-28,33-35,39,42-44,50,79H,10-12,14,16,18,23-26,29-31H2,1-9H3,(H,62,69)(H,63,73)(H,64,70)(H,65,78)(H3,60,61,77);3H2,1-2H3;1-2H3;1H4/b17-13+,32-15+;;;/t33?,34-,35+,39?,42?,43-,44+,50?,57+,58+;;;/m1.../s1. The molecule has 4 bridgehead atoms. The smallest absolute Gasteiger partial charge is 0.409 e. The fourth-order valence-electron chi connectivity index (χ4n) is 10.4. The minimum absolute atomic E-state index is 0. The van der Waals surface area contributed by atoms with Gasteiger partial charge in [-0.05, 0) is 94.8 Å². The normalized spacial score (nSPS) is 24.5. The van der Waals surface area contributed by atoms with E-state index in [1.54, 1.807) is 45.1 Å². The first-order chi connectivity index (χ1) is 42.1. The Balaban J connectivity index is 0.00000342. The van der Waals surface area contributed by atoms with Gasteiger partial charge in [0.05, 0.1) is 31.9 Å². The Morgan fingerprint density at radius 3 is 2.23 bits per heavy atom. The topological polar surface area (TPSA) is 336 Å². The fourth-order valence-corrected chi connectivity index (χ4v) is 10.7. The Labute approximate surface area is 534 Å². The molecule has 0 saturated carbocycles. The quantitative estimate of drug-likeness (QED) is 0.0291. The number of hydrogen-bond donors (Lipinski definition) is 7. The molecule has 10 atom stereocenters. The molecule has 25 nitrogen and oxygen atoms in total. The Morgan fingerprint density at radius 1 is 0.956 bits per heavy atom. The molecule has 4 heterocycles. The molecule has 4 aliphatic rings. The van der Waals surface area contributed by atoms with Crippen molar-refractivity contribution in [1.29, 1.82) is 0 Å². The number of likely N-dealkylation sites (tertiary alicyclic amines) is 1. The van der Waals surface area contributed by atoms with Crippen molar-refractivity contribution in [2.75, 3.05) is 58.2 Å². The van der Waals surface area contributed by atoms with Crippen molar-refractivity contribution in [3.8, 4) is 5.75 Å². The first-order valence-corrected chi connectivity index (χ1v) is 30.7. The summed E-state index contributed by atoms with van der Waals surface area (Å²) < 4.78 is 29.5. The lowest BCUT2D eigenvalue weighted by Crippen LogP contribution is -2.63. The summed E-state index contributed by atoms with van der Waals surface area (Å²) in [7, 11) is 5.76. The number of ether oxygens (including phenoxy) is 5. The highest BCUT2D eigenvalue weighted by molar-refractivity contribution is 6.35. The van der Waals surface area contributed by atoms with E-state index in [2.05, 4.69) is 40.4 Å². The van der Waals surface area contributed by atoms with E-state index in [9.17, 15) is 53.1 Å². The Bertz CT molecular complexity index is 2910. The number of aliphatic hydroxyl groups is 1. The van der Waals surface area contributed by atoms with Crippen LogP contribution in [0.2, 0.25) is 5.02 Å². The molecule has 3 fully saturated rings. The number of primary amides is 1. The number of fused-ring (bicyclic) bond motifs is 5. The lowest BCUT2D eigenvalue weighted by molar-refractivity contribution is -0.158. The average molecular weight is 1280 g/mol. The number of benzene rings is 2. The minimum Gasteiger partial charge on any atom is -0.495 e. The summed E-state index contributed by atoms with van der Waals surface area (Å²) in [5, 5.41) is 24.8. The summed E-state index contributed by atoms with van der Waals surface area (Å²) in [5.41, 5.74) is 4.19. The number of amides is 10. The molecular formula is C64H96ClN9O16. The van der Waals surface area contributed by atoms with E-state index < -0.39 is 114 Å². The van der Waals surface area contributed by atoms with Crippen molar-refractivity contribution in [2.45, 2.75) is 188 Å². The number of epoxide rings is 1. The van der Waals surface area contributed by atoms with Crippen molar-refractivity contribution >= 4 is 82.4 Å². The second-order valence-electron chi connectivity index (χ2n) is 22.7. The molecule has 3 saturated heterocycles. The van der Waals surface area contributed by atoms with Crippen LogP contribution in [-0.2, 0) is 58.9 Å². The number of methoxy groups -OCH3 is 2. The molecule has 0 radical (unpaired) electrons. The SMILES string of the molecule is C.CC.CCC.COc1cc2cc(c1Cl)N(C)C(=O)C[C@H](OC(=O)[C@H](C)N(C)C(=O)c1ccc(NC(=O)C(CCCNC(N)=O)NC(=O)CNC(=O)CCCCCN3C(=O)CC(C)C3=O)cc1)[C@]1(C)OC1[C@H](C)C1C[C@@](O)(NC(=O)O1)[C@H](OC)/C=C/C=C(\C)C2. The van der Waals surface area contributed by atoms with Gasteiger partial charge in [0.2, 0.25) is 35.4 Å². The number of imide groups is 1. The molecular weight excluding hydrogens is 1190 g/mol. The predicted octanol–water partition coefficient (Wildman–Crippen LogP) is 6.85. The monoisotopic (exact) mass is 1280 g/mol. The van der Waals surface area contributed by atoms with Gasteiger partial charge in [-0.2, -0.15) is 0 Å². The third-order valence-corrected chi connectivity index (χ3v) is 16.1. The van der Waals surface area contributed by atoms with Crippen LogP contribution in [-0.4, -0.2) is 170 Å². The van der Waals surface area contributed by atoms with Crippen LogP contribution in [0.25, 0.3) is 0 Å². The van der Waals surface area contributed by atoms with E-state index >= 15 is 0 Å². The highest BCUT2D eigenvalue weighted by Gasteiger charge is 2.64. The molecule has 2 aromatic carbocycles. The lowest BCUT2D eigenvalue weighted by atomic mass is 9.83. The van der Waals surface area contributed by atoms with Gasteiger partial charge in [0.15, 0.2) is 5.72 Å². The summed E-state index contributed by atoms with van der Waals surface area (Å²) >= 11 is 6.83. The van der Waals surface area contributed by atoms with Crippen LogP contribution in [0.4, 0.5) is 21.0 Å².